The Morgan fingerprint density at radius 2 is 1.71 bits per heavy atom. The highest BCUT2D eigenvalue weighted by atomic mass is 16.6. The third-order valence-electron chi connectivity index (χ3n) is 4.97. The third-order valence-corrected chi connectivity index (χ3v) is 4.97. The highest BCUT2D eigenvalue weighted by Gasteiger charge is 2.19. The van der Waals surface area contributed by atoms with E-state index in [0.29, 0.717) is 41.1 Å². The lowest BCUT2D eigenvalue weighted by Crippen LogP contribution is -2.37. The third kappa shape index (κ3) is 3.58. The Kier molecular flexibility index (Phi) is 5.02. The van der Waals surface area contributed by atoms with Crippen molar-refractivity contribution in [1.82, 2.24) is 4.90 Å². The second-order valence-electron chi connectivity index (χ2n) is 6.78. The van der Waals surface area contributed by atoms with Gasteiger partial charge in [0.1, 0.15) is 23.3 Å². The van der Waals surface area contributed by atoms with Gasteiger partial charge in [0.05, 0.1) is 18.1 Å². The predicted molar refractivity (Wildman–Crippen MR) is 106 cm³/mol. The Labute approximate surface area is 162 Å². The first kappa shape index (κ1) is 18.1. The van der Waals surface area contributed by atoms with E-state index in [-0.39, 0.29) is 11.5 Å². The average molecular weight is 379 g/mol. The van der Waals surface area contributed by atoms with Gasteiger partial charge in [0, 0.05) is 19.2 Å². The molecule has 1 fully saturated rings. The van der Waals surface area contributed by atoms with E-state index in [1.54, 1.807) is 42.3 Å². The van der Waals surface area contributed by atoms with Crippen LogP contribution in [-0.4, -0.2) is 31.2 Å². The van der Waals surface area contributed by atoms with Gasteiger partial charge in [0.2, 0.25) is 0 Å². The number of fused-ring (bicyclic) bond motifs is 1. The van der Waals surface area contributed by atoms with Crippen LogP contribution in [0.4, 0.5) is 4.79 Å². The van der Waals surface area contributed by atoms with Gasteiger partial charge in [-0.2, -0.15) is 0 Å². The summed E-state index contributed by atoms with van der Waals surface area (Å²) in [6, 6.07) is 12.0. The summed E-state index contributed by atoms with van der Waals surface area (Å²) in [4.78, 5) is 26.8. The van der Waals surface area contributed by atoms with Crippen LogP contribution in [0.25, 0.3) is 22.1 Å². The fourth-order valence-corrected chi connectivity index (χ4v) is 3.38. The van der Waals surface area contributed by atoms with Crippen molar-refractivity contribution in [3.63, 3.8) is 0 Å². The van der Waals surface area contributed by atoms with Crippen molar-refractivity contribution in [1.29, 1.82) is 0 Å². The lowest BCUT2D eigenvalue weighted by Gasteiger charge is -2.25. The fourth-order valence-electron chi connectivity index (χ4n) is 3.38. The van der Waals surface area contributed by atoms with Gasteiger partial charge in [-0.3, -0.25) is 4.79 Å². The normalized spacial score (nSPS) is 14.1. The lowest BCUT2D eigenvalue weighted by molar-refractivity contribution is 0.142. The second-order valence-corrected chi connectivity index (χ2v) is 6.78. The molecule has 0 atom stereocenters. The number of carbonyl (C=O) groups excluding carboxylic acids is 1. The van der Waals surface area contributed by atoms with E-state index in [9.17, 15) is 9.59 Å². The van der Waals surface area contributed by atoms with Crippen molar-refractivity contribution in [3.05, 3.63) is 59.0 Å². The van der Waals surface area contributed by atoms with Crippen LogP contribution in [-0.2, 0) is 0 Å². The average Bonchev–Trinajstić information content (AvgIpc) is 2.75. The van der Waals surface area contributed by atoms with Gasteiger partial charge in [-0.1, -0.05) is 12.1 Å². The summed E-state index contributed by atoms with van der Waals surface area (Å²) in [6.45, 7) is 1.43. The number of methoxy groups -OCH3 is 1. The molecule has 2 heterocycles. The molecule has 0 aliphatic carbocycles. The van der Waals surface area contributed by atoms with Crippen molar-refractivity contribution < 1.29 is 18.7 Å². The van der Waals surface area contributed by atoms with E-state index in [1.807, 2.05) is 12.1 Å². The molecule has 28 heavy (non-hydrogen) atoms. The van der Waals surface area contributed by atoms with Gasteiger partial charge in [0.15, 0.2) is 5.43 Å². The summed E-state index contributed by atoms with van der Waals surface area (Å²) < 4.78 is 16.3. The molecule has 6 nitrogen and oxygen atoms in total. The zero-order valence-corrected chi connectivity index (χ0v) is 15.6. The predicted octanol–water partition coefficient (Wildman–Crippen LogP) is 4.45. The Morgan fingerprint density at radius 1 is 1.00 bits per heavy atom. The summed E-state index contributed by atoms with van der Waals surface area (Å²) in [7, 11) is 1.59. The number of amides is 1. The highest BCUT2D eigenvalue weighted by molar-refractivity contribution is 5.83. The number of nitrogens with zero attached hydrogens (tertiary/aromatic N) is 1. The van der Waals surface area contributed by atoms with Crippen LogP contribution in [0, 0.1) is 0 Å². The van der Waals surface area contributed by atoms with Gasteiger partial charge < -0.3 is 18.8 Å². The number of carbonyl (C=O) groups is 1. The summed E-state index contributed by atoms with van der Waals surface area (Å²) in [5.74, 6) is 1.08. The first-order chi connectivity index (χ1) is 13.7. The number of piperidine rings is 1. The molecule has 4 rings (SSSR count). The quantitative estimate of drug-likeness (QED) is 0.672. The van der Waals surface area contributed by atoms with Crippen molar-refractivity contribution in [2.45, 2.75) is 19.3 Å². The number of benzene rings is 2. The second kappa shape index (κ2) is 7.76. The highest BCUT2D eigenvalue weighted by Crippen LogP contribution is 2.25. The van der Waals surface area contributed by atoms with Crippen molar-refractivity contribution >= 4 is 17.1 Å². The number of ether oxygens (including phenoxy) is 2. The Morgan fingerprint density at radius 3 is 2.43 bits per heavy atom. The van der Waals surface area contributed by atoms with Crippen LogP contribution in [0.3, 0.4) is 0 Å². The largest absolute Gasteiger partial charge is 0.497 e. The maximum absolute atomic E-state index is 12.9. The van der Waals surface area contributed by atoms with Crippen molar-refractivity contribution in [3.8, 4) is 22.6 Å². The van der Waals surface area contributed by atoms with E-state index in [1.165, 1.54) is 6.26 Å². The smallest absolute Gasteiger partial charge is 0.415 e. The molecule has 0 bridgehead atoms. The van der Waals surface area contributed by atoms with Gasteiger partial charge >= 0.3 is 6.09 Å². The number of rotatable bonds is 3. The molecular weight excluding hydrogens is 358 g/mol. The van der Waals surface area contributed by atoms with Gasteiger partial charge in [0.25, 0.3) is 0 Å². The zero-order valence-electron chi connectivity index (χ0n) is 15.6. The SMILES string of the molecule is COc1ccc(-c2coc3cc(OC(=O)N4CCCCC4)ccc3c2=O)cc1. The molecule has 6 heteroatoms. The molecule has 1 aliphatic heterocycles. The van der Waals surface area contributed by atoms with E-state index in [4.69, 9.17) is 13.9 Å². The topological polar surface area (TPSA) is 69.0 Å². The van der Waals surface area contributed by atoms with Crippen LogP contribution in [0.5, 0.6) is 11.5 Å². The monoisotopic (exact) mass is 379 g/mol. The molecule has 0 saturated carbocycles. The fraction of sp³-hybridized carbons (Fsp3) is 0.273. The van der Waals surface area contributed by atoms with Crippen LogP contribution in [0.1, 0.15) is 19.3 Å². The summed E-state index contributed by atoms with van der Waals surface area (Å²) in [6.07, 6.45) is 4.20. The maximum Gasteiger partial charge on any atom is 0.415 e. The van der Waals surface area contributed by atoms with Gasteiger partial charge in [-0.05, 0) is 49.1 Å². The van der Waals surface area contributed by atoms with E-state index in [2.05, 4.69) is 0 Å². The van der Waals surface area contributed by atoms with Crippen LogP contribution < -0.4 is 14.9 Å². The lowest BCUT2D eigenvalue weighted by atomic mass is 10.1. The molecule has 2 aromatic carbocycles. The van der Waals surface area contributed by atoms with Crippen LogP contribution in [0.15, 0.2) is 57.9 Å². The molecule has 1 aliphatic rings. The Bertz CT molecular complexity index is 1050. The maximum atomic E-state index is 12.9. The molecule has 144 valence electrons. The molecule has 1 amide bonds. The summed E-state index contributed by atoms with van der Waals surface area (Å²) >= 11 is 0. The van der Waals surface area contributed by atoms with Gasteiger partial charge in [-0.15, -0.1) is 0 Å². The molecule has 0 spiro atoms. The number of hydrogen-bond acceptors (Lipinski definition) is 5. The Hall–Kier alpha value is -3.28. The van der Waals surface area contributed by atoms with E-state index < -0.39 is 0 Å². The molecule has 0 N–H and O–H groups in total. The molecule has 3 aromatic rings. The van der Waals surface area contributed by atoms with Crippen molar-refractivity contribution in [2.75, 3.05) is 20.2 Å². The minimum atomic E-state index is -0.365. The van der Waals surface area contributed by atoms with Crippen molar-refractivity contribution in [2.24, 2.45) is 0 Å². The minimum Gasteiger partial charge on any atom is -0.497 e. The molecular formula is C22H21NO5. The minimum absolute atomic E-state index is 0.139. The van der Waals surface area contributed by atoms with E-state index in [0.717, 1.165) is 24.8 Å². The van der Waals surface area contributed by atoms with Gasteiger partial charge in [-0.25, -0.2) is 4.79 Å². The molecule has 0 unspecified atom stereocenters. The van der Waals surface area contributed by atoms with E-state index >= 15 is 0 Å². The number of likely N-dealkylation sites (tertiary alicyclic amines) is 1. The van der Waals surface area contributed by atoms with Crippen LogP contribution >= 0.6 is 0 Å². The molecule has 0 radical (unpaired) electrons. The standard InChI is InChI=1S/C22H21NO5/c1-26-16-7-5-15(6-8-16)19-14-27-20-13-17(9-10-18(20)21(19)24)28-22(25)23-11-3-2-4-12-23/h5-10,13-14H,2-4,11-12H2,1H3. The molecule has 1 saturated heterocycles. The summed E-state index contributed by atoms with van der Waals surface area (Å²) in [5, 5.41) is 0.436. The van der Waals surface area contributed by atoms with Crippen LogP contribution in [0.2, 0.25) is 0 Å². The zero-order chi connectivity index (χ0) is 19.5. The molecule has 1 aromatic heterocycles. The summed E-state index contributed by atoms with van der Waals surface area (Å²) in [5.41, 5.74) is 1.46. The number of hydrogen-bond donors (Lipinski definition) is 0. The first-order valence-corrected chi connectivity index (χ1v) is 9.32. The Balaban J connectivity index is 1.60. The first-order valence-electron chi connectivity index (χ1n) is 9.32.